The first-order valence-corrected chi connectivity index (χ1v) is 9.53. The van der Waals surface area contributed by atoms with Gasteiger partial charge in [-0.25, -0.2) is 0 Å². The largest absolute Gasteiger partial charge is 0.356 e. The van der Waals surface area contributed by atoms with Crippen LogP contribution in [0.5, 0.6) is 0 Å². The number of unbranched alkanes of at least 4 members (excludes halogenated alkanes) is 8. The van der Waals surface area contributed by atoms with Crippen molar-refractivity contribution >= 4 is 0 Å². The molecule has 2 heteroatoms. The Bertz CT molecular complexity index is 262. The molecule has 0 aromatic heterocycles. The minimum Gasteiger partial charge on any atom is -0.356 e. The molecule has 0 radical (unpaired) electrons. The lowest BCUT2D eigenvalue weighted by Gasteiger charge is -2.32. The monoisotopic (exact) mass is 294 g/mol. The van der Waals surface area contributed by atoms with Crippen LogP contribution in [0.25, 0.3) is 0 Å². The van der Waals surface area contributed by atoms with Gasteiger partial charge in [-0.3, -0.25) is 0 Å². The van der Waals surface area contributed by atoms with Crippen LogP contribution in [0.2, 0.25) is 0 Å². The van der Waals surface area contributed by atoms with Crippen LogP contribution in [0.4, 0.5) is 0 Å². The van der Waals surface area contributed by atoms with Crippen LogP contribution in [0.15, 0.2) is 12.4 Å². The first kappa shape index (κ1) is 18.4. The van der Waals surface area contributed by atoms with Crippen LogP contribution >= 0.6 is 0 Å². The second kappa shape index (κ2) is 11.9. The Labute approximate surface area is 133 Å². The summed E-state index contributed by atoms with van der Waals surface area (Å²) in [4.78, 5) is 5.08. The molecule has 1 aliphatic rings. The average Bonchev–Trinajstić information content (AvgIpc) is 2.89. The van der Waals surface area contributed by atoms with Gasteiger partial charge in [-0.15, -0.1) is 0 Å². The normalized spacial score (nSPS) is 18.0. The van der Waals surface area contributed by atoms with E-state index in [1.165, 1.54) is 77.2 Å². The third kappa shape index (κ3) is 7.24. The van der Waals surface area contributed by atoms with Crippen LogP contribution in [-0.2, 0) is 0 Å². The van der Waals surface area contributed by atoms with E-state index in [1.54, 1.807) is 0 Å². The quantitative estimate of drug-likeness (QED) is 0.399. The predicted molar refractivity (Wildman–Crippen MR) is 94.1 cm³/mol. The summed E-state index contributed by atoms with van der Waals surface area (Å²) in [5.74, 6) is 0. The molecule has 124 valence electrons. The molecule has 1 heterocycles. The van der Waals surface area contributed by atoms with Crippen molar-refractivity contribution in [2.45, 2.75) is 97.6 Å². The van der Waals surface area contributed by atoms with Crippen LogP contribution in [0.1, 0.15) is 91.4 Å². The molecule has 2 nitrogen and oxygen atoms in total. The maximum absolute atomic E-state index is 2.58. The van der Waals surface area contributed by atoms with Crippen molar-refractivity contribution in [3.05, 3.63) is 12.4 Å². The third-order valence-electron chi connectivity index (χ3n) is 4.67. The molecular weight excluding hydrogens is 256 g/mol. The molecular formula is C19H38N2. The fraction of sp³-hybridized carbons (Fsp3) is 0.895. The number of hydrogen-bond acceptors (Lipinski definition) is 2. The van der Waals surface area contributed by atoms with Gasteiger partial charge in [-0.1, -0.05) is 65.2 Å². The summed E-state index contributed by atoms with van der Waals surface area (Å²) < 4.78 is 0. The molecule has 1 unspecified atom stereocenters. The summed E-state index contributed by atoms with van der Waals surface area (Å²) in [6.45, 7) is 9.23. The van der Waals surface area contributed by atoms with Gasteiger partial charge in [-0.2, -0.15) is 0 Å². The highest BCUT2D eigenvalue weighted by Gasteiger charge is 2.23. The molecule has 1 aliphatic heterocycles. The van der Waals surface area contributed by atoms with E-state index < -0.39 is 0 Å². The van der Waals surface area contributed by atoms with Gasteiger partial charge >= 0.3 is 0 Å². The molecule has 0 saturated heterocycles. The molecule has 1 atom stereocenters. The van der Waals surface area contributed by atoms with E-state index >= 15 is 0 Å². The Morgan fingerprint density at radius 1 is 0.667 bits per heavy atom. The smallest absolute Gasteiger partial charge is 0.101 e. The van der Waals surface area contributed by atoms with Crippen LogP contribution in [-0.4, -0.2) is 29.1 Å². The third-order valence-corrected chi connectivity index (χ3v) is 4.67. The summed E-state index contributed by atoms with van der Waals surface area (Å²) >= 11 is 0. The Kier molecular flexibility index (Phi) is 10.5. The molecule has 0 spiro atoms. The molecule has 0 aliphatic carbocycles. The Hall–Kier alpha value is -0.660. The molecule has 0 aromatic rings. The minimum atomic E-state index is 0.638. The predicted octanol–water partition coefficient (Wildman–Crippen LogP) is 5.75. The maximum Gasteiger partial charge on any atom is 0.101 e. The maximum atomic E-state index is 2.58. The van der Waals surface area contributed by atoms with E-state index in [0.717, 1.165) is 6.54 Å². The lowest BCUT2D eigenvalue weighted by molar-refractivity contribution is 0.143. The van der Waals surface area contributed by atoms with Crippen molar-refractivity contribution < 1.29 is 0 Å². The molecule has 0 bridgehead atoms. The molecule has 0 saturated carbocycles. The van der Waals surface area contributed by atoms with Gasteiger partial charge in [-0.05, 0) is 26.2 Å². The summed E-state index contributed by atoms with van der Waals surface area (Å²) in [5.41, 5.74) is 0. The molecule has 0 aromatic carbocycles. The van der Waals surface area contributed by atoms with Crippen molar-refractivity contribution in [3.8, 4) is 0 Å². The summed E-state index contributed by atoms with van der Waals surface area (Å²) in [5, 5.41) is 0. The Morgan fingerprint density at radius 3 is 1.86 bits per heavy atom. The van der Waals surface area contributed by atoms with Crippen LogP contribution in [0.3, 0.4) is 0 Å². The fourth-order valence-electron chi connectivity index (χ4n) is 3.25. The summed E-state index contributed by atoms with van der Waals surface area (Å²) in [6.07, 6.45) is 20.5. The van der Waals surface area contributed by atoms with Gasteiger partial charge in [0.1, 0.15) is 6.17 Å². The van der Waals surface area contributed by atoms with E-state index in [1.807, 2.05) is 0 Å². The molecule has 0 N–H and O–H groups in total. The number of nitrogens with zero attached hydrogens (tertiary/aromatic N) is 2. The van der Waals surface area contributed by atoms with Gasteiger partial charge in [0.25, 0.3) is 0 Å². The van der Waals surface area contributed by atoms with E-state index in [0.29, 0.717) is 6.17 Å². The van der Waals surface area contributed by atoms with Gasteiger partial charge in [0.2, 0.25) is 0 Å². The molecule has 1 rings (SSSR count). The van der Waals surface area contributed by atoms with Crippen LogP contribution in [0, 0.1) is 0 Å². The average molecular weight is 295 g/mol. The second-order valence-corrected chi connectivity index (χ2v) is 6.46. The van der Waals surface area contributed by atoms with Gasteiger partial charge < -0.3 is 9.80 Å². The van der Waals surface area contributed by atoms with E-state index in [9.17, 15) is 0 Å². The molecule has 0 amide bonds. The first-order valence-electron chi connectivity index (χ1n) is 9.53. The zero-order valence-corrected chi connectivity index (χ0v) is 14.8. The lowest BCUT2D eigenvalue weighted by atomic mass is 10.1. The van der Waals surface area contributed by atoms with Crippen molar-refractivity contribution in [2.75, 3.05) is 13.1 Å². The highest BCUT2D eigenvalue weighted by molar-refractivity contribution is 4.96. The lowest BCUT2D eigenvalue weighted by Crippen LogP contribution is -2.38. The van der Waals surface area contributed by atoms with Crippen molar-refractivity contribution in [1.29, 1.82) is 0 Å². The van der Waals surface area contributed by atoms with Gasteiger partial charge in [0.05, 0.1) is 0 Å². The van der Waals surface area contributed by atoms with Crippen molar-refractivity contribution in [2.24, 2.45) is 0 Å². The van der Waals surface area contributed by atoms with Gasteiger partial charge in [0.15, 0.2) is 0 Å². The van der Waals surface area contributed by atoms with Crippen molar-refractivity contribution in [1.82, 2.24) is 9.80 Å². The van der Waals surface area contributed by atoms with Crippen molar-refractivity contribution in [3.63, 3.8) is 0 Å². The molecule has 0 fully saturated rings. The highest BCUT2D eigenvalue weighted by Crippen LogP contribution is 2.21. The second-order valence-electron chi connectivity index (χ2n) is 6.46. The standard InChI is InChI=1S/C19H38N2/c1-4-7-9-10-11-12-13-14-16-21-18-17-20(6-3)19(21)15-8-5-2/h17-19H,4-16H2,1-3H3. The first-order chi connectivity index (χ1) is 10.3. The van der Waals surface area contributed by atoms with E-state index in [4.69, 9.17) is 0 Å². The Morgan fingerprint density at radius 2 is 1.24 bits per heavy atom. The fourth-order valence-corrected chi connectivity index (χ4v) is 3.25. The molecule has 21 heavy (non-hydrogen) atoms. The van der Waals surface area contributed by atoms with E-state index in [-0.39, 0.29) is 0 Å². The zero-order valence-electron chi connectivity index (χ0n) is 14.8. The highest BCUT2D eigenvalue weighted by atomic mass is 15.4. The Balaban J connectivity index is 2.11. The number of hydrogen-bond donors (Lipinski definition) is 0. The zero-order chi connectivity index (χ0) is 15.3. The SMILES string of the molecule is CCCCCCCCCCN1C=CN(CC)C1CCCC. The number of rotatable bonds is 13. The topological polar surface area (TPSA) is 6.48 Å². The summed E-state index contributed by atoms with van der Waals surface area (Å²) in [7, 11) is 0. The summed E-state index contributed by atoms with van der Waals surface area (Å²) in [6, 6.07) is 0. The van der Waals surface area contributed by atoms with Gasteiger partial charge in [0, 0.05) is 25.5 Å². The van der Waals surface area contributed by atoms with E-state index in [2.05, 4.69) is 43.0 Å². The van der Waals surface area contributed by atoms with Crippen LogP contribution < -0.4 is 0 Å². The minimum absolute atomic E-state index is 0.638.